The van der Waals surface area contributed by atoms with Crippen LogP contribution in [0.25, 0.3) is 5.69 Å². The van der Waals surface area contributed by atoms with Crippen molar-refractivity contribution in [2.24, 2.45) is 11.7 Å². The Morgan fingerprint density at radius 3 is 2.50 bits per heavy atom. The average Bonchev–Trinajstić information content (AvgIpc) is 3.36. The summed E-state index contributed by atoms with van der Waals surface area (Å²) in [5.41, 5.74) is 7.94. The number of aromatic nitrogens is 2. The first-order valence-corrected chi connectivity index (χ1v) is 10.9. The molecule has 1 saturated heterocycles. The van der Waals surface area contributed by atoms with Gasteiger partial charge in [0.05, 0.1) is 18.5 Å². The number of ether oxygens (including phenoxy) is 1. The topological polar surface area (TPSA) is 120 Å². The summed E-state index contributed by atoms with van der Waals surface area (Å²) >= 11 is 1.71. The summed E-state index contributed by atoms with van der Waals surface area (Å²) in [4.78, 5) is 38.2. The van der Waals surface area contributed by atoms with Crippen molar-refractivity contribution in [2.45, 2.75) is 24.3 Å². The molecule has 1 fully saturated rings. The summed E-state index contributed by atoms with van der Waals surface area (Å²) in [6.45, 7) is 0.678. The lowest BCUT2D eigenvalue weighted by Crippen LogP contribution is -2.46. The van der Waals surface area contributed by atoms with Gasteiger partial charge in [-0.1, -0.05) is 0 Å². The first-order valence-electron chi connectivity index (χ1n) is 9.70. The zero-order valence-corrected chi connectivity index (χ0v) is 17.4. The molecule has 158 valence electrons. The monoisotopic (exact) mass is 429 g/mol. The van der Waals surface area contributed by atoms with Crippen molar-refractivity contribution >= 4 is 35.3 Å². The molecule has 9 nitrogen and oxygen atoms in total. The SMILES string of the molecule is COc1ccc(-n2nc3c(c2NC(=O)C(=O)N2CCC(C(N)=O)CC2)CSC3)cc1. The number of methoxy groups -OCH3 is 1. The standard InChI is InChI=1S/C20H23N5O4S/c1-29-14-4-2-13(3-5-14)25-18(15-10-30-11-16(15)23-25)22-19(27)20(28)24-8-6-12(7-9-24)17(21)26/h2-5,12H,6-11H2,1H3,(H2,21,26)(H,22,27). The molecule has 4 rings (SSSR count). The summed E-state index contributed by atoms with van der Waals surface area (Å²) in [5.74, 6) is 0.799. The number of hydrogen-bond acceptors (Lipinski definition) is 6. The van der Waals surface area contributed by atoms with Crippen molar-refractivity contribution in [1.29, 1.82) is 0 Å². The normalized spacial score (nSPS) is 16.2. The molecule has 1 aromatic carbocycles. The largest absolute Gasteiger partial charge is 0.497 e. The molecule has 0 radical (unpaired) electrons. The number of hydrogen-bond donors (Lipinski definition) is 2. The quantitative estimate of drug-likeness (QED) is 0.707. The number of carbonyl (C=O) groups excluding carboxylic acids is 3. The van der Waals surface area contributed by atoms with Gasteiger partial charge in [0.15, 0.2) is 0 Å². The van der Waals surface area contributed by atoms with E-state index in [0.29, 0.717) is 37.5 Å². The Morgan fingerprint density at radius 2 is 1.87 bits per heavy atom. The van der Waals surface area contributed by atoms with Gasteiger partial charge in [0, 0.05) is 36.1 Å². The van der Waals surface area contributed by atoms with Crippen LogP contribution >= 0.6 is 11.8 Å². The highest BCUT2D eigenvalue weighted by atomic mass is 32.2. The highest BCUT2D eigenvalue weighted by Crippen LogP contribution is 2.36. The van der Waals surface area contributed by atoms with Crippen LogP contribution in [0.2, 0.25) is 0 Å². The molecule has 30 heavy (non-hydrogen) atoms. The number of fused-ring (bicyclic) bond motifs is 1. The van der Waals surface area contributed by atoms with Gasteiger partial charge >= 0.3 is 11.8 Å². The molecular weight excluding hydrogens is 406 g/mol. The van der Waals surface area contributed by atoms with E-state index < -0.39 is 11.8 Å². The van der Waals surface area contributed by atoms with Crippen molar-refractivity contribution in [3.05, 3.63) is 35.5 Å². The summed E-state index contributed by atoms with van der Waals surface area (Å²) in [5, 5.41) is 7.42. The lowest BCUT2D eigenvalue weighted by Gasteiger charge is -2.30. The van der Waals surface area contributed by atoms with Crippen LogP contribution in [0.1, 0.15) is 24.1 Å². The number of rotatable bonds is 4. The third-order valence-corrected chi connectivity index (χ3v) is 6.45. The second kappa shape index (κ2) is 8.39. The van der Waals surface area contributed by atoms with Crippen LogP contribution in [-0.2, 0) is 25.9 Å². The molecular formula is C20H23N5O4S. The van der Waals surface area contributed by atoms with E-state index in [2.05, 4.69) is 10.4 Å². The molecule has 0 bridgehead atoms. The lowest BCUT2D eigenvalue weighted by molar-refractivity contribution is -0.144. The fraction of sp³-hybridized carbons (Fsp3) is 0.400. The highest BCUT2D eigenvalue weighted by molar-refractivity contribution is 7.98. The second-order valence-corrected chi connectivity index (χ2v) is 8.29. The fourth-order valence-corrected chi connectivity index (χ4v) is 4.76. The molecule has 3 heterocycles. The molecule has 2 aromatic rings. The first-order chi connectivity index (χ1) is 14.5. The Balaban J connectivity index is 1.53. The molecule has 3 amide bonds. The number of thioether (sulfide) groups is 1. The molecule has 0 atom stereocenters. The van der Waals surface area contributed by atoms with Crippen LogP contribution in [0.4, 0.5) is 5.82 Å². The van der Waals surface area contributed by atoms with Crippen LogP contribution in [0.3, 0.4) is 0 Å². The summed E-state index contributed by atoms with van der Waals surface area (Å²) in [6.07, 6.45) is 0.953. The van der Waals surface area contributed by atoms with Gasteiger partial charge in [0.2, 0.25) is 5.91 Å². The van der Waals surface area contributed by atoms with Gasteiger partial charge in [-0.25, -0.2) is 4.68 Å². The van der Waals surface area contributed by atoms with Crippen molar-refractivity contribution in [3.8, 4) is 11.4 Å². The van der Waals surface area contributed by atoms with Gasteiger partial charge in [-0.05, 0) is 37.1 Å². The molecule has 1 aromatic heterocycles. The maximum atomic E-state index is 12.7. The van der Waals surface area contributed by atoms with E-state index in [1.54, 1.807) is 23.6 Å². The Morgan fingerprint density at radius 1 is 1.17 bits per heavy atom. The Labute approximate surface area is 177 Å². The Hall–Kier alpha value is -3.01. The summed E-state index contributed by atoms with van der Waals surface area (Å²) in [6, 6.07) is 7.33. The first kappa shape index (κ1) is 20.3. The van der Waals surface area contributed by atoms with Crippen molar-refractivity contribution in [3.63, 3.8) is 0 Å². The molecule has 0 saturated carbocycles. The van der Waals surface area contributed by atoms with Gasteiger partial charge in [-0.3, -0.25) is 14.4 Å². The number of carbonyl (C=O) groups is 3. The predicted octanol–water partition coefficient (Wildman–Crippen LogP) is 1.29. The number of nitrogens with two attached hydrogens (primary N) is 1. The number of piperidine rings is 1. The number of primary amides is 1. The zero-order valence-electron chi connectivity index (χ0n) is 16.6. The summed E-state index contributed by atoms with van der Waals surface area (Å²) in [7, 11) is 1.60. The molecule has 0 aliphatic carbocycles. The van der Waals surface area contributed by atoms with Crippen molar-refractivity contribution < 1.29 is 19.1 Å². The van der Waals surface area contributed by atoms with Crippen LogP contribution in [0.5, 0.6) is 5.75 Å². The minimum atomic E-state index is -0.707. The van der Waals surface area contributed by atoms with Crippen LogP contribution in [0.15, 0.2) is 24.3 Å². The van der Waals surface area contributed by atoms with Crippen molar-refractivity contribution in [2.75, 3.05) is 25.5 Å². The van der Waals surface area contributed by atoms with Gasteiger partial charge in [-0.2, -0.15) is 16.9 Å². The minimum absolute atomic E-state index is 0.242. The highest BCUT2D eigenvalue weighted by Gasteiger charge is 2.31. The number of amides is 3. The third-order valence-electron chi connectivity index (χ3n) is 5.48. The van der Waals surface area contributed by atoms with Gasteiger partial charge < -0.3 is 20.7 Å². The van der Waals surface area contributed by atoms with Crippen LogP contribution < -0.4 is 15.8 Å². The smallest absolute Gasteiger partial charge is 0.315 e. The molecule has 2 aliphatic heterocycles. The van der Waals surface area contributed by atoms with Crippen LogP contribution in [0, 0.1) is 5.92 Å². The van der Waals surface area contributed by atoms with E-state index in [-0.39, 0.29) is 11.8 Å². The second-order valence-electron chi connectivity index (χ2n) is 7.30. The average molecular weight is 430 g/mol. The van der Waals surface area contributed by atoms with Gasteiger partial charge in [-0.15, -0.1) is 0 Å². The van der Waals surface area contributed by atoms with E-state index in [9.17, 15) is 14.4 Å². The van der Waals surface area contributed by atoms with E-state index in [4.69, 9.17) is 10.5 Å². The maximum Gasteiger partial charge on any atom is 0.315 e. The fourth-order valence-electron chi connectivity index (χ4n) is 3.72. The number of likely N-dealkylation sites (tertiary alicyclic amines) is 1. The Kier molecular flexibility index (Phi) is 5.67. The van der Waals surface area contributed by atoms with E-state index >= 15 is 0 Å². The molecule has 2 aliphatic rings. The maximum absolute atomic E-state index is 12.7. The van der Waals surface area contributed by atoms with Gasteiger partial charge in [0.1, 0.15) is 11.6 Å². The lowest BCUT2D eigenvalue weighted by atomic mass is 9.96. The van der Waals surface area contributed by atoms with E-state index in [1.165, 1.54) is 4.90 Å². The number of nitrogens with one attached hydrogen (secondary N) is 1. The molecule has 0 spiro atoms. The Bertz CT molecular complexity index is 980. The zero-order chi connectivity index (χ0) is 21.3. The number of anilines is 1. The molecule has 10 heteroatoms. The van der Waals surface area contributed by atoms with Crippen molar-refractivity contribution in [1.82, 2.24) is 14.7 Å². The minimum Gasteiger partial charge on any atom is -0.497 e. The predicted molar refractivity (Wildman–Crippen MR) is 112 cm³/mol. The number of benzene rings is 1. The third kappa shape index (κ3) is 3.87. The molecule has 0 unspecified atom stereocenters. The molecule has 3 N–H and O–H groups in total. The number of nitrogens with zero attached hydrogens (tertiary/aromatic N) is 3. The summed E-state index contributed by atoms with van der Waals surface area (Å²) < 4.78 is 6.86. The van der Waals surface area contributed by atoms with E-state index in [0.717, 1.165) is 28.5 Å². The van der Waals surface area contributed by atoms with Gasteiger partial charge in [0.25, 0.3) is 0 Å². The van der Waals surface area contributed by atoms with Crippen LogP contribution in [-0.4, -0.2) is 52.6 Å². The van der Waals surface area contributed by atoms with E-state index in [1.807, 2.05) is 24.3 Å².